The standard InChI is InChI=1S/C22H28N6O6S2/c1-35(31,32)26-19-12-15(2-7-20(19)29)21(30)13-23-16-8-10-28(11-9-16)18-5-3-17(4-6-18)25-22-14-24-36(33,34)27-22/h2-7,12,14,16,21,23,26,29-30H,8-11,13H2,1H3,(H,25,27)/t21-/m0/s1. The van der Waals surface area contributed by atoms with Crippen LogP contribution < -0.4 is 20.3 Å². The van der Waals surface area contributed by atoms with Crippen molar-refractivity contribution < 1.29 is 27.0 Å². The summed E-state index contributed by atoms with van der Waals surface area (Å²) in [7, 11) is -7.31. The first-order valence-corrected chi connectivity index (χ1v) is 14.5. The molecule has 0 saturated carbocycles. The second-order valence-electron chi connectivity index (χ2n) is 8.67. The fourth-order valence-corrected chi connectivity index (χ4v) is 5.21. The van der Waals surface area contributed by atoms with Crippen LogP contribution in [0.25, 0.3) is 0 Å². The van der Waals surface area contributed by atoms with Crippen LogP contribution in [0.3, 0.4) is 0 Å². The lowest BCUT2D eigenvalue weighted by molar-refractivity contribution is 0.167. The van der Waals surface area contributed by atoms with Crippen LogP contribution in [0.1, 0.15) is 24.5 Å². The molecule has 36 heavy (non-hydrogen) atoms. The lowest BCUT2D eigenvalue weighted by Gasteiger charge is -2.34. The first kappa shape index (κ1) is 25.9. The highest BCUT2D eigenvalue weighted by molar-refractivity contribution is 7.92. The maximum atomic E-state index is 11.5. The number of piperidine rings is 1. The van der Waals surface area contributed by atoms with E-state index in [-0.39, 0.29) is 29.9 Å². The van der Waals surface area contributed by atoms with Crippen LogP contribution in [-0.2, 0) is 20.2 Å². The summed E-state index contributed by atoms with van der Waals surface area (Å²) >= 11 is 0. The zero-order chi connectivity index (χ0) is 25.9. The van der Waals surface area contributed by atoms with Crippen molar-refractivity contribution in [3.05, 3.63) is 48.0 Å². The maximum absolute atomic E-state index is 11.5. The maximum Gasteiger partial charge on any atom is 0.365 e. The Kier molecular flexibility index (Phi) is 7.49. The van der Waals surface area contributed by atoms with Crippen molar-refractivity contribution in [3.63, 3.8) is 0 Å². The molecule has 1 saturated heterocycles. The van der Waals surface area contributed by atoms with E-state index < -0.39 is 26.3 Å². The molecular weight excluding hydrogens is 508 g/mol. The Balaban J connectivity index is 1.25. The van der Waals surface area contributed by atoms with Crippen molar-refractivity contribution in [2.75, 3.05) is 40.8 Å². The number of aromatic hydroxyl groups is 1. The Morgan fingerprint density at radius 3 is 2.44 bits per heavy atom. The van der Waals surface area contributed by atoms with Gasteiger partial charge in [0.25, 0.3) is 0 Å². The van der Waals surface area contributed by atoms with Gasteiger partial charge < -0.3 is 25.7 Å². The third-order valence-corrected chi connectivity index (χ3v) is 7.21. The van der Waals surface area contributed by atoms with Gasteiger partial charge in [-0.25, -0.2) is 8.42 Å². The molecule has 5 N–H and O–H groups in total. The van der Waals surface area contributed by atoms with E-state index in [0.717, 1.165) is 37.9 Å². The normalized spacial score (nSPS) is 18.6. The second kappa shape index (κ2) is 10.4. The molecule has 2 aliphatic rings. The Bertz CT molecular complexity index is 1370. The second-order valence-corrected chi connectivity index (χ2v) is 11.7. The molecule has 0 radical (unpaired) electrons. The fourth-order valence-electron chi connectivity index (χ4n) is 4.03. The molecule has 2 aromatic rings. The van der Waals surface area contributed by atoms with Crippen LogP contribution in [0.2, 0.25) is 0 Å². The monoisotopic (exact) mass is 536 g/mol. The Labute approximate surface area is 210 Å². The molecule has 14 heteroatoms. The van der Waals surface area contributed by atoms with Gasteiger partial charge >= 0.3 is 10.2 Å². The summed E-state index contributed by atoms with van der Waals surface area (Å²) < 4.78 is 54.5. The van der Waals surface area contributed by atoms with E-state index in [1.807, 2.05) is 24.3 Å². The number of sulfonamides is 1. The first-order chi connectivity index (χ1) is 17.0. The number of aliphatic hydroxyl groups excluding tert-OH is 1. The molecule has 1 atom stereocenters. The van der Waals surface area contributed by atoms with E-state index in [2.05, 4.69) is 29.1 Å². The van der Waals surface area contributed by atoms with Crippen LogP contribution in [0.15, 0.2) is 51.3 Å². The number of nitrogens with one attached hydrogen (secondary N) is 3. The lowest BCUT2D eigenvalue weighted by Crippen LogP contribution is -2.43. The zero-order valence-corrected chi connectivity index (χ0v) is 21.1. The molecule has 2 aromatic carbocycles. The van der Waals surface area contributed by atoms with Gasteiger partial charge in [0.15, 0.2) is 5.84 Å². The molecule has 0 unspecified atom stereocenters. The number of aliphatic hydroxyl groups is 1. The molecule has 194 valence electrons. The van der Waals surface area contributed by atoms with Crippen LogP contribution >= 0.6 is 0 Å². The Morgan fingerprint density at radius 2 is 1.83 bits per heavy atom. The highest BCUT2D eigenvalue weighted by atomic mass is 32.2. The Morgan fingerprint density at radius 1 is 1.14 bits per heavy atom. The molecule has 0 aliphatic carbocycles. The van der Waals surface area contributed by atoms with Gasteiger partial charge in [0.1, 0.15) is 5.75 Å². The smallest absolute Gasteiger partial charge is 0.365 e. The SMILES string of the molecule is CS(=O)(=O)Nc1cc([C@@H](O)CNC2CCN(c3ccc(NC4=NS(=O)(=O)N=C4)cc3)CC2)ccc1O. The minimum atomic E-state index is -3.75. The van der Waals surface area contributed by atoms with Gasteiger partial charge in [0.05, 0.1) is 24.3 Å². The van der Waals surface area contributed by atoms with Gasteiger partial charge in [-0.3, -0.25) is 4.72 Å². The third-order valence-electron chi connectivity index (χ3n) is 5.82. The molecule has 12 nitrogen and oxygen atoms in total. The van der Waals surface area contributed by atoms with Crippen molar-refractivity contribution in [1.29, 1.82) is 0 Å². The van der Waals surface area contributed by atoms with Gasteiger partial charge in [0.2, 0.25) is 10.0 Å². The molecule has 2 aliphatic heterocycles. The summed E-state index contributed by atoms with van der Waals surface area (Å²) in [6.07, 6.45) is 3.03. The molecule has 1 fully saturated rings. The summed E-state index contributed by atoms with van der Waals surface area (Å²) in [5.41, 5.74) is 2.27. The zero-order valence-electron chi connectivity index (χ0n) is 19.5. The first-order valence-electron chi connectivity index (χ1n) is 11.2. The molecule has 0 amide bonds. The van der Waals surface area contributed by atoms with Gasteiger partial charge in [-0.05, 0) is 54.8 Å². The van der Waals surface area contributed by atoms with Crippen LogP contribution in [0, 0.1) is 0 Å². The summed E-state index contributed by atoms with van der Waals surface area (Å²) in [6.45, 7) is 1.93. The van der Waals surface area contributed by atoms with Crippen molar-refractivity contribution in [1.82, 2.24) is 5.32 Å². The number of phenolic OH excluding ortho intramolecular Hbond substituents is 1. The summed E-state index contributed by atoms with van der Waals surface area (Å²) in [4.78, 5) is 2.25. The van der Waals surface area contributed by atoms with Crippen molar-refractivity contribution >= 4 is 49.3 Å². The minimum Gasteiger partial charge on any atom is -0.506 e. The number of rotatable bonds is 8. The number of amidine groups is 1. The predicted molar refractivity (Wildman–Crippen MR) is 140 cm³/mol. The van der Waals surface area contributed by atoms with Crippen LogP contribution in [-0.4, -0.2) is 71.0 Å². The van der Waals surface area contributed by atoms with E-state index in [4.69, 9.17) is 0 Å². The predicted octanol–water partition coefficient (Wildman–Crippen LogP) is 1.20. The number of hydrogen-bond acceptors (Lipinski definition) is 9. The fraction of sp³-hybridized carbons (Fsp3) is 0.364. The summed E-state index contributed by atoms with van der Waals surface area (Å²) in [5.74, 6) is -0.0402. The van der Waals surface area contributed by atoms with Gasteiger partial charge in [-0.1, -0.05) is 6.07 Å². The third kappa shape index (κ3) is 6.94. The van der Waals surface area contributed by atoms with Crippen LogP contribution in [0.4, 0.5) is 17.1 Å². The lowest BCUT2D eigenvalue weighted by atomic mass is 10.0. The molecule has 0 bridgehead atoms. The number of anilines is 3. The van der Waals surface area contributed by atoms with E-state index >= 15 is 0 Å². The van der Waals surface area contributed by atoms with Crippen molar-refractivity contribution in [3.8, 4) is 5.75 Å². The average molecular weight is 537 g/mol. The van der Waals surface area contributed by atoms with E-state index in [9.17, 15) is 27.0 Å². The van der Waals surface area contributed by atoms with Gasteiger partial charge in [-0.15, -0.1) is 8.80 Å². The molecule has 2 heterocycles. The molecule has 0 aromatic heterocycles. The minimum absolute atomic E-state index is 0.0259. The summed E-state index contributed by atoms with van der Waals surface area (Å²) in [5, 5.41) is 26.7. The topological polar surface area (TPSA) is 173 Å². The Hall–Kier alpha value is -3.20. The molecular formula is C22H28N6O6S2. The number of nitrogens with zero attached hydrogens (tertiary/aromatic N) is 3. The highest BCUT2D eigenvalue weighted by Crippen LogP contribution is 2.28. The van der Waals surface area contributed by atoms with Gasteiger partial charge in [-0.2, -0.15) is 8.42 Å². The van der Waals surface area contributed by atoms with E-state index in [0.29, 0.717) is 11.3 Å². The average Bonchev–Trinajstić information content (AvgIpc) is 3.17. The molecule has 0 spiro atoms. The van der Waals surface area contributed by atoms with Gasteiger partial charge in [0, 0.05) is 37.1 Å². The molecule has 4 rings (SSSR count). The van der Waals surface area contributed by atoms with E-state index in [1.54, 1.807) is 6.07 Å². The van der Waals surface area contributed by atoms with Crippen LogP contribution in [0.5, 0.6) is 5.75 Å². The van der Waals surface area contributed by atoms with Crippen molar-refractivity contribution in [2.45, 2.75) is 25.0 Å². The number of phenols is 1. The largest absolute Gasteiger partial charge is 0.506 e. The quantitative estimate of drug-likeness (QED) is 0.311. The van der Waals surface area contributed by atoms with E-state index in [1.165, 1.54) is 18.3 Å². The number of benzene rings is 2. The highest BCUT2D eigenvalue weighted by Gasteiger charge is 2.21. The summed E-state index contributed by atoms with van der Waals surface area (Å²) in [6, 6.07) is 12.1. The van der Waals surface area contributed by atoms with Crippen molar-refractivity contribution in [2.24, 2.45) is 8.80 Å². The number of hydrogen-bond donors (Lipinski definition) is 5.